The molecule has 2 rings (SSSR count). The highest BCUT2D eigenvalue weighted by Crippen LogP contribution is 2.31. The Kier molecular flexibility index (Phi) is 39.9. The van der Waals surface area contributed by atoms with E-state index in [2.05, 4.69) is 42.6 Å². The first-order valence-corrected chi connectivity index (χ1v) is 31.3. The fourth-order valence-electron chi connectivity index (χ4n) is 9.58. The van der Waals surface area contributed by atoms with E-state index in [0.717, 1.165) is 93.7 Å². The zero-order valence-corrected chi connectivity index (χ0v) is 49.8. The fourth-order valence-corrected chi connectivity index (χ4v) is 10.1. The molecule has 0 aliphatic carbocycles. The lowest BCUT2D eigenvalue weighted by Crippen LogP contribution is -2.49. The number of nitrogens with zero attached hydrogens (tertiary/aromatic N) is 3. The molecule has 1 aromatic rings. The minimum absolute atomic E-state index is 0.0129. The van der Waals surface area contributed by atoms with Crippen molar-refractivity contribution in [2.75, 3.05) is 53.3 Å². The number of carbonyl (C=O) groups is 5. The first-order chi connectivity index (χ1) is 36.8. The highest BCUT2D eigenvalue weighted by atomic mass is 32.1. The molecule has 0 aromatic carbocycles. The molecule has 14 nitrogen and oxygen atoms in total. The van der Waals surface area contributed by atoms with Gasteiger partial charge in [-0.25, -0.2) is 0 Å². The summed E-state index contributed by atoms with van der Waals surface area (Å²) in [6, 6.07) is 0. The number of aromatic nitrogens is 2. The summed E-state index contributed by atoms with van der Waals surface area (Å²) in [5, 5.41) is 0. The number of rotatable bonds is 50. The van der Waals surface area contributed by atoms with Crippen LogP contribution in [0.2, 0.25) is 0 Å². The number of hydrogen-bond donors (Lipinski definition) is 0. The van der Waals surface area contributed by atoms with Crippen LogP contribution < -0.4 is 4.74 Å². The zero-order valence-electron chi connectivity index (χ0n) is 49.0. The van der Waals surface area contributed by atoms with E-state index in [1.165, 1.54) is 135 Å². The van der Waals surface area contributed by atoms with E-state index < -0.39 is 29.4 Å². The summed E-state index contributed by atoms with van der Waals surface area (Å²) >= 11 is 1.14. The van der Waals surface area contributed by atoms with Crippen molar-refractivity contribution in [1.82, 2.24) is 8.75 Å². The van der Waals surface area contributed by atoms with E-state index >= 15 is 0 Å². The van der Waals surface area contributed by atoms with Gasteiger partial charge >= 0.3 is 29.8 Å². The maximum absolute atomic E-state index is 13.1. The van der Waals surface area contributed by atoms with Crippen LogP contribution in [0.5, 0.6) is 5.88 Å². The minimum Gasteiger partial charge on any atom is -0.475 e. The Morgan fingerprint density at radius 1 is 0.526 bits per heavy atom. The van der Waals surface area contributed by atoms with Crippen molar-refractivity contribution in [3.05, 3.63) is 11.8 Å². The number of esters is 5. The monoisotopic (exact) mass is 1090 g/mol. The Bertz CT molecular complexity index is 1670. The molecular formula is C61H108N3O11S+. The van der Waals surface area contributed by atoms with Crippen LogP contribution in [-0.2, 0) is 47.7 Å². The molecule has 0 N–H and O–H groups in total. The molecule has 0 radical (unpaired) electrons. The summed E-state index contributed by atoms with van der Waals surface area (Å²) < 4.78 is 43.4. The second-order valence-electron chi connectivity index (χ2n) is 22.8. The molecule has 438 valence electrons. The van der Waals surface area contributed by atoms with Crippen LogP contribution in [0, 0.1) is 5.41 Å². The van der Waals surface area contributed by atoms with E-state index in [9.17, 15) is 24.0 Å². The molecule has 15 heteroatoms. The van der Waals surface area contributed by atoms with Crippen LogP contribution in [-0.4, -0.2) is 102 Å². The van der Waals surface area contributed by atoms with Gasteiger partial charge in [0.05, 0.1) is 51.4 Å². The Hall–Kier alpha value is -3.59. The molecular weight excluding hydrogens is 983 g/mol. The first-order valence-electron chi connectivity index (χ1n) is 30.6. The molecule has 1 aliphatic rings. The van der Waals surface area contributed by atoms with Crippen LogP contribution in [0.3, 0.4) is 0 Å². The Balaban J connectivity index is 1.74. The van der Waals surface area contributed by atoms with Gasteiger partial charge in [-0.15, -0.1) is 4.37 Å². The van der Waals surface area contributed by atoms with Crippen LogP contribution in [0.25, 0.3) is 5.57 Å². The number of unbranched alkanes of at least 4 members (excludes halogenated alkanes) is 27. The van der Waals surface area contributed by atoms with Crippen molar-refractivity contribution in [3.8, 4) is 5.88 Å². The van der Waals surface area contributed by atoms with Crippen molar-refractivity contribution in [2.45, 2.75) is 278 Å². The molecule has 1 atom stereocenters. The number of ether oxygens (including phenoxy) is 6. The lowest BCUT2D eigenvalue weighted by molar-refractivity contribution is -0.919. The van der Waals surface area contributed by atoms with Gasteiger partial charge in [0.25, 0.3) is 5.88 Å². The summed E-state index contributed by atoms with van der Waals surface area (Å²) in [5.74, 6) is -1.63. The predicted octanol–water partition coefficient (Wildman–Crippen LogP) is 15.3. The number of likely N-dealkylation sites (N-methyl/N-ethyl adjacent to an activating group) is 1. The standard InChI is InChI=1S/C61H108N3O11S/c1-7-10-13-16-18-20-22-24-26-28-30-32-34-40-54(65)72-49-53(50-73-55(66)41-35-33-31-29-27-25-23-21-19-17-14-11-8-2)75-56(67)42-38-45-70-57(68)46-61(4,5)47-58(69)74-51-64(6)43-37-39-52(48-64)59-60(63-76-62-59)71-44-36-15-12-9-3/h39,53H,7-38,40-51H2,1-6H3/q+1. The summed E-state index contributed by atoms with van der Waals surface area (Å²) in [5.41, 5.74) is 1.07. The normalized spacial score (nSPS) is 14.6. The molecule has 0 saturated heterocycles. The summed E-state index contributed by atoms with van der Waals surface area (Å²) in [7, 11) is 2.05. The van der Waals surface area contributed by atoms with E-state index in [1.807, 2.05) is 13.8 Å². The number of quaternary nitrogens is 1. The maximum atomic E-state index is 13.1. The van der Waals surface area contributed by atoms with Crippen LogP contribution in [0.4, 0.5) is 0 Å². The third-order valence-corrected chi connectivity index (χ3v) is 14.8. The Morgan fingerprint density at radius 2 is 0.961 bits per heavy atom. The fraction of sp³-hybridized carbons (Fsp3) is 0.852. The van der Waals surface area contributed by atoms with Crippen LogP contribution in [0.1, 0.15) is 278 Å². The van der Waals surface area contributed by atoms with Crippen molar-refractivity contribution in [1.29, 1.82) is 0 Å². The number of hydrogen-bond acceptors (Lipinski definition) is 14. The quantitative estimate of drug-likeness (QED) is 0.0262. The van der Waals surface area contributed by atoms with E-state index in [0.29, 0.717) is 23.5 Å². The predicted molar refractivity (Wildman–Crippen MR) is 305 cm³/mol. The lowest BCUT2D eigenvalue weighted by Gasteiger charge is -2.36. The van der Waals surface area contributed by atoms with Gasteiger partial charge in [0, 0.05) is 31.3 Å². The molecule has 76 heavy (non-hydrogen) atoms. The van der Waals surface area contributed by atoms with Crippen molar-refractivity contribution >= 4 is 47.1 Å². The third-order valence-electron chi connectivity index (χ3n) is 14.3. The molecule has 1 aromatic heterocycles. The molecule has 2 heterocycles. The Morgan fingerprint density at radius 3 is 1.45 bits per heavy atom. The van der Waals surface area contributed by atoms with Gasteiger partial charge in [-0.1, -0.05) is 214 Å². The van der Waals surface area contributed by atoms with Gasteiger partial charge in [-0.05, 0) is 31.1 Å². The molecule has 1 unspecified atom stereocenters. The van der Waals surface area contributed by atoms with Crippen LogP contribution >= 0.6 is 11.7 Å². The van der Waals surface area contributed by atoms with Crippen molar-refractivity contribution < 1.29 is 56.9 Å². The van der Waals surface area contributed by atoms with Gasteiger partial charge in [0.15, 0.2) is 6.10 Å². The van der Waals surface area contributed by atoms with E-state index in [1.54, 1.807) is 0 Å². The SMILES string of the molecule is CCCCCCCCCCCCCCCC(=O)OCC(COC(=O)CCCCCCCCCCCCCCC)OC(=O)CCCOC(=O)CC(C)(C)CC(=O)OC[N+]1(C)CCC=C(c2nsnc2OCCCCCC)C1. The minimum atomic E-state index is -0.951. The van der Waals surface area contributed by atoms with Gasteiger partial charge < -0.3 is 28.4 Å². The smallest absolute Gasteiger partial charge is 0.310 e. The molecule has 0 spiro atoms. The van der Waals surface area contributed by atoms with Crippen LogP contribution in [0.15, 0.2) is 6.08 Å². The van der Waals surface area contributed by atoms with Crippen molar-refractivity contribution in [2.24, 2.45) is 5.41 Å². The lowest BCUT2D eigenvalue weighted by atomic mass is 9.86. The topological polar surface area (TPSA) is 167 Å². The second kappa shape index (κ2) is 44.3. The highest BCUT2D eigenvalue weighted by molar-refractivity contribution is 6.99. The van der Waals surface area contributed by atoms with Gasteiger partial charge in [-0.2, -0.15) is 4.37 Å². The van der Waals surface area contributed by atoms with Gasteiger partial charge in [0.1, 0.15) is 25.5 Å². The largest absolute Gasteiger partial charge is 0.475 e. The van der Waals surface area contributed by atoms with E-state index in [-0.39, 0.29) is 77.0 Å². The van der Waals surface area contributed by atoms with E-state index in [4.69, 9.17) is 28.4 Å². The summed E-state index contributed by atoms with van der Waals surface area (Å²) in [6.45, 7) is 12.1. The summed E-state index contributed by atoms with van der Waals surface area (Å²) in [4.78, 5) is 64.4. The number of carbonyl (C=O) groups excluding carboxylic acids is 5. The average molecular weight is 1090 g/mol. The molecule has 0 saturated carbocycles. The summed E-state index contributed by atoms with van der Waals surface area (Å²) in [6.07, 6.45) is 38.7. The van der Waals surface area contributed by atoms with Crippen molar-refractivity contribution in [3.63, 3.8) is 0 Å². The van der Waals surface area contributed by atoms with Gasteiger partial charge in [0.2, 0.25) is 6.73 Å². The first kappa shape index (κ1) is 68.5. The molecule has 0 amide bonds. The van der Waals surface area contributed by atoms with Gasteiger partial charge in [-0.3, -0.25) is 28.5 Å². The molecule has 0 bridgehead atoms. The third kappa shape index (κ3) is 36.5. The molecule has 0 fully saturated rings. The second-order valence-corrected chi connectivity index (χ2v) is 23.3. The zero-order chi connectivity index (χ0) is 55.4. The highest BCUT2D eigenvalue weighted by Gasteiger charge is 2.33. The maximum Gasteiger partial charge on any atom is 0.310 e. The Labute approximate surface area is 465 Å². The average Bonchev–Trinajstić information content (AvgIpc) is 3.87. The molecule has 1 aliphatic heterocycles.